The highest BCUT2D eigenvalue weighted by Crippen LogP contribution is 2.20. The van der Waals surface area contributed by atoms with Crippen molar-refractivity contribution in [1.82, 2.24) is 10.6 Å². The van der Waals surface area contributed by atoms with Gasteiger partial charge in [-0.2, -0.15) is 0 Å². The molecule has 98 valence electrons. The molecule has 0 spiro atoms. The molecule has 0 bridgehead atoms. The first-order valence-corrected chi connectivity index (χ1v) is 5.98. The molecule has 2 amide bonds. The third kappa shape index (κ3) is 5.53. The number of ether oxygens (including phenoxy) is 1. The van der Waals surface area contributed by atoms with E-state index in [1.165, 1.54) is 19.8 Å². The van der Waals surface area contributed by atoms with E-state index in [2.05, 4.69) is 10.6 Å². The van der Waals surface area contributed by atoms with Crippen molar-refractivity contribution in [3.8, 4) is 0 Å². The van der Waals surface area contributed by atoms with Gasteiger partial charge in [-0.05, 0) is 19.8 Å². The zero-order chi connectivity index (χ0) is 12.7. The van der Waals surface area contributed by atoms with Crippen molar-refractivity contribution in [2.45, 2.75) is 44.8 Å². The molecule has 1 saturated carbocycles. The molecule has 0 aromatic carbocycles. The fourth-order valence-electron chi connectivity index (χ4n) is 1.75. The summed E-state index contributed by atoms with van der Waals surface area (Å²) in [4.78, 5) is 21.7. The highest BCUT2D eigenvalue weighted by Gasteiger charge is 2.15. The van der Waals surface area contributed by atoms with Gasteiger partial charge in [-0.25, -0.2) is 4.79 Å². The topological polar surface area (TPSA) is 87.7 Å². The van der Waals surface area contributed by atoms with Crippen LogP contribution < -0.4 is 10.6 Å². The Kier molecular flexibility index (Phi) is 5.76. The second kappa shape index (κ2) is 7.11. The van der Waals surface area contributed by atoms with Gasteiger partial charge in [0.05, 0.1) is 12.7 Å². The van der Waals surface area contributed by atoms with Crippen LogP contribution >= 0.6 is 0 Å². The molecule has 1 aliphatic rings. The van der Waals surface area contributed by atoms with Crippen LogP contribution in [0.3, 0.4) is 0 Å². The zero-order valence-electron chi connectivity index (χ0n) is 10.1. The maximum Gasteiger partial charge on any atom is 0.325 e. The van der Waals surface area contributed by atoms with Gasteiger partial charge < -0.3 is 20.5 Å². The smallest absolute Gasteiger partial charge is 0.325 e. The van der Waals surface area contributed by atoms with Crippen LogP contribution in [-0.2, 0) is 9.53 Å². The van der Waals surface area contributed by atoms with E-state index >= 15 is 0 Å². The lowest BCUT2D eigenvalue weighted by molar-refractivity contribution is -0.138. The van der Waals surface area contributed by atoms with Crippen molar-refractivity contribution < 1.29 is 19.4 Å². The van der Waals surface area contributed by atoms with Crippen molar-refractivity contribution in [1.29, 1.82) is 0 Å². The highest BCUT2D eigenvalue weighted by molar-refractivity contribution is 5.82. The molecular weight excluding hydrogens is 224 g/mol. The summed E-state index contributed by atoms with van der Waals surface area (Å²) in [6, 6.07) is -1.36. The van der Waals surface area contributed by atoms with Crippen LogP contribution in [0.5, 0.6) is 0 Å². The van der Waals surface area contributed by atoms with E-state index in [9.17, 15) is 9.59 Å². The number of carbonyl (C=O) groups excluding carboxylic acids is 1. The molecule has 0 radical (unpaired) electrons. The average Bonchev–Trinajstić information content (AvgIpc) is 2.77. The van der Waals surface area contributed by atoms with Gasteiger partial charge in [-0.1, -0.05) is 12.8 Å². The second-order valence-electron chi connectivity index (χ2n) is 4.24. The van der Waals surface area contributed by atoms with Crippen molar-refractivity contribution in [3.63, 3.8) is 0 Å². The number of amides is 2. The van der Waals surface area contributed by atoms with E-state index in [1.807, 2.05) is 0 Å². The van der Waals surface area contributed by atoms with Crippen LogP contribution in [0.4, 0.5) is 4.79 Å². The first-order valence-electron chi connectivity index (χ1n) is 5.98. The molecule has 6 heteroatoms. The molecule has 0 heterocycles. The average molecular weight is 244 g/mol. The SMILES string of the molecule is C[C@@H](NC(=O)NCCOC1CCCC1)C(=O)O. The summed E-state index contributed by atoms with van der Waals surface area (Å²) in [7, 11) is 0. The molecule has 1 fully saturated rings. The zero-order valence-corrected chi connectivity index (χ0v) is 10.1. The molecule has 1 aliphatic carbocycles. The Hall–Kier alpha value is -1.30. The molecule has 0 aromatic heterocycles. The number of hydrogen-bond donors (Lipinski definition) is 3. The number of rotatable bonds is 6. The number of carbonyl (C=O) groups is 2. The Morgan fingerprint density at radius 2 is 2.06 bits per heavy atom. The van der Waals surface area contributed by atoms with Gasteiger partial charge in [-0.3, -0.25) is 4.79 Å². The molecule has 0 saturated heterocycles. The first-order chi connectivity index (χ1) is 8.09. The Labute approximate surface area is 101 Å². The van der Waals surface area contributed by atoms with E-state index in [4.69, 9.17) is 9.84 Å². The molecule has 1 atom stereocenters. The molecule has 3 N–H and O–H groups in total. The van der Waals surface area contributed by atoms with Crippen LogP contribution in [-0.4, -0.2) is 42.4 Å². The van der Waals surface area contributed by atoms with Crippen molar-refractivity contribution in [2.75, 3.05) is 13.2 Å². The van der Waals surface area contributed by atoms with Gasteiger partial charge in [0.15, 0.2) is 0 Å². The number of urea groups is 1. The van der Waals surface area contributed by atoms with Crippen molar-refractivity contribution in [3.05, 3.63) is 0 Å². The van der Waals surface area contributed by atoms with E-state index in [-0.39, 0.29) is 0 Å². The Balaban J connectivity index is 2.01. The van der Waals surface area contributed by atoms with Crippen LogP contribution in [0.2, 0.25) is 0 Å². The minimum Gasteiger partial charge on any atom is -0.480 e. The molecule has 17 heavy (non-hydrogen) atoms. The minimum atomic E-state index is -1.05. The molecule has 1 rings (SSSR count). The lowest BCUT2D eigenvalue weighted by atomic mass is 10.3. The molecule has 0 aliphatic heterocycles. The monoisotopic (exact) mass is 244 g/mol. The standard InChI is InChI=1S/C11H20N2O4/c1-8(10(14)15)13-11(16)12-6-7-17-9-4-2-3-5-9/h8-9H,2-7H2,1H3,(H,14,15)(H2,12,13,16)/t8-/m1/s1. The number of hydrogen-bond acceptors (Lipinski definition) is 3. The molecule has 0 unspecified atom stereocenters. The van der Waals surface area contributed by atoms with Crippen molar-refractivity contribution in [2.24, 2.45) is 0 Å². The van der Waals surface area contributed by atoms with Crippen LogP contribution in [0.1, 0.15) is 32.6 Å². The fraction of sp³-hybridized carbons (Fsp3) is 0.818. The lowest BCUT2D eigenvalue weighted by Crippen LogP contribution is -2.45. The minimum absolute atomic E-state index is 0.331. The van der Waals surface area contributed by atoms with Crippen LogP contribution in [0.15, 0.2) is 0 Å². The van der Waals surface area contributed by atoms with E-state index in [1.54, 1.807) is 0 Å². The number of carboxylic acid groups (broad SMARTS) is 1. The summed E-state index contributed by atoms with van der Waals surface area (Å²) < 4.78 is 5.55. The molecule has 6 nitrogen and oxygen atoms in total. The fourth-order valence-corrected chi connectivity index (χ4v) is 1.75. The summed E-state index contributed by atoms with van der Waals surface area (Å²) in [5.41, 5.74) is 0. The van der Waals surface area contributed by atoms with Gasteiger partial charge in [0.25, 0.3) is 0 Å². The number of aliphatic carboxylic acids is 1. The summed E-state index contributed by atoms with van der Waals surface area (Å²) in [6.07, 6.45) is 4.96. The van der Waals surface area contributed by atoms with Crippen molar-refractivity contribution >= 4 is 12.0 Å². The Morgan fingerprint density at radius 1 is 1.41 bits per heavy atom. The van der Waals surface area contributed by atoms with Gasteiger partial charge in [-0.15, -0.1) is 0 Å². The van der Waals surface area contributed by atoms with E-state index in [0.717, 1.165) is 12.8 Å². The van der Waals surface area contributed by atoms with Gasteiger partial charge in [0.1, 0.15) is 6.04 Å². The van der Waals surface area contributed by atoms with Crippen LogP contribution in [0, 0.1) is 0 Å². The highest BCUT2D eigenvalue weighted by atomic mass is 16.5. The largest absolute Gasteiger partial charge is 0.480 e. The van der Waals surface area contributed by atoms with E-state index in [0.29, 0.717) is 19.3 Å². The third-order valence-corrected chi connectivity index (χ3v) is 2.76. The van der Waals surface area contributed by atoms with Crippen LogP contribution in [0.25, 0.3) is 0 Å². The van der Waals surface area contributed by atoms with Gasteiger partial charge in [0, 0.05) is 6.54 Å². The lowest BCUT2D eigenvalue weighted by Gasteiger charge is -2.13. The normalized spacial score (nSPS) is 17.7. The first kappa shape index (κ1) is 13.8. The summed E-state index contributed by atoms with van der Waals surface area (Å²) >= 11 is 0. The van der Waals surface area contributed by atoms with E-state index < -0.39 is 18.0 Å². The quantitative estimate of drug-likeness (QED) is 0.601. The predicted octanol–water partition coefficient (Wildman–Crippen LogP) is 0.718. The maximum absolute atomic E-state index is 11.2. The summed E-state index contributed by atoms with van der Waals surface area (Å²) in [6.45, 7) is 2.28. The third-order valence-electron chi connectivity index (χ3n) is 2.76. The maximum atomic E-state index is 11.2. The predicted molar refractivity (Wildman–Crippen MR) is 61.8 cm³/mol. The molecule has 0 aromatic rings. The summed E-state index contributed by atoms with van der Waals surface area (Å²) in [5.74, 6) is -1.05. The Morgan fingerprint density at radius 3 is 2.65 bits per heavy atom. The number of nitrogens with one attached hydrogen (secondary N) is 2. The van der Waals surface area contributed by atoms with Gasteiger partial charge >= 0.3 is 12.0 Å². The second-order valence-corrected chi connectivity index (χ2v) is 4.24. The number of carboxylic acids is 1. The summed E-state index contributed by atoms with van der Waals surface area (Å²) in [5, 5.41) is 13.4. The molecular formula is C11H20N2O4. The van der Waals surface area contributed by atoms with Gasteiger partial charge in [0.2, 0.25) is 0 Å². The Bertz CT molecular complexity index is 264.